The quantitative estimate of drug-likeness (QED) is 0.376. The monoisotopic (exact) mass is 484 g/mol. The molecule has 0 aliphatic carbocycles. The molecule has 0 aliphatic rings. The van der Waals surface area contributed by atoms with E-state index in [1.54, 1.807) is 17.7 Å². The Morgan fingerprint density at radius 3 is 2.47 bits per heavy atom. The van der Waals surface area contributed by atoms with Gasteiger partial charge in [-0.2, -0.15) is 0 Å². The molecular formula is C28H25FN4O3. The third-order valence-corrected chi connectivity index (χ3v) is 6.21. The summed E-state index contributed by atoms with van der Waals surface area (Å²) in [6, 6.07) is 19.5. The van der Waals surface area contributed by atoms with E-state index in [-0.39, 0.29) is 23.5 Å². The van der Waals surface area contributed by atoms with Gasteiger partial charge < -0.3 is 14.6 Å². The molecule has 0 saturated carbocycles. The number of hydrogen-bond acceptors (Lipinski definition) is 4. The lowest BCUT2D eigenvalue weighted by atomic mass is 10.1. The summed E-state index contributed by atoms with van der Waals surface area (Å²) < 4.78 is 22.4. The van der Waals surface area contributed by atoms with Crippen LogP contribution in [0.5, 0.6) is 5.75 Å². The number of fused-ring (bicyclic) bond motifs is 3. The molecule has 0 unspecified atom stereocenters. The number of methoxy groups -OCH3 is 1. The number of halogens is 1. The molecule has 1 N–H and O–H groups in total. The van der Waals surface area contributed by atoms with E-state index in [0.717, 1.165) is 22.4 Å². The third-order valence-electron chi connectivity index (χ3n) is 6.21. The molecule has 0 atom stereocenters. The molecule has 3 aromatic carbocycles. The largest absolute Gasteiger partial charge is 0.497 e. The van der Waals surface area contributed by atoms with Crippen LogP contribution in [0.1, 0.15) is 16.7 Å². The summed E-state index contributed by atoms with van der Waals surface area (Å²) >= 11 is 0. The summed E-state index contributed by atoms with van der Waals surface area (Å²) in [4.78, 5) is 31.0. The van der Waals surface area contributed by atoms with E-state index in [9.17, 15) is 14.0 Å². The van der Waals surface area contributed by atoms with Crippen LogP contribution in [0.3, 0.4) is 0 Å². The van der Waals surface area contributed by atoms with Gasteiger partial charge in [0.05, 0.1) is 25.5 Å². The number of aryl methyl sites for hydroxylation is 1. The Labute approximate surface area is 206 Å². The SMILES string of the molecule is COc1ccc(Cn2cnc3c4cc(F)ccc4n(CC(=O)NCc4ccc(C)cc4)c3c2=O)cc1. The Morgan fingerprint density at radius 2 is 1.75 bits per heavy atom. The molecule has 5 aromatic rings. The number of ether oxygens (including phenoxy) is 1. The molecule has 0 fully saturated rings. The Hall–Kier alpha value is -4.46. The Bertz CT molecular complexity index is 1620. The van der Waals surface area contributed by atoms with Crippen molar-refractivity contribution in [3.63, 3.8) is 0 Å². The van der Waals surface area contributed by atoms with Crippen LogP contribution in [0.25, 0.3) is 21.9 Å². The van der Waals surface area contributed by atoms with E-state index in [1.807, 2.05) is 55.5 Å². The molecule has 7 nitrogen and oxygen atoms in total. The molecule has 8 heteroatoms. The second kappa shape index (κ2) is 9.65. The first-order chi connectivity index (χ1) is 17.4. The molecule has 0 saturated heterocycles. The van der Waals surface area contributed by atoms with Crippen LogP contribution in [-0.4, -0.2) is 27.1 Å². The molecule has 0 radical (unpaired) electrons. The number of carbonyl (C=O) groups is 1. The van der Waals surface area contributed by atoms with Crippen molar-refractivity contribution >= 4 is 27.8 Å². The van der Waals surface area contributed by atoms with Crippen LogP contribution in [0.4, 0.5) is 4.39 Å². The van der Waals surface area contributed by atoms with Crippen LogP contribution in [0.2, 0.25) is 0 Å². The maximum Gasteiger partial charge on any atom is 0.278 e. The lowest BCUT2D eigenvalue weighted by Crippen LogP contribution is -2.29. The van der Waals surface area contributed by atoms with Gasteiger partial charge in [-0.1, -0.05) is 42.0 Å². The molecule has 0 spiro atoms. The van der Waals surface area contributed by atoms with Crippen LogP contribution in [-0.2, 0) is 24.4 Å². The van der Waals surface area contributed by atoms with Crippen molar-refractivity contribution in [1.29, 1.82) is 0 Å². The average Bonchev–Trinajstić information content (AvgIpc) is 3.18. The summed E-state index contributed by atoms with van der Waals surface area (Å²) in [6.07, 6.45) is 1.46. The molecule has 182 valence electrons. The summed E-state index contributed by atoms with van der Waals surface area (Å²) in [5.41, 5.74) is 3.90. The first-order valence-electron chi connectivity index (χ1n) is 11.5. The predicted molar refractivity (Wildman–Crippen MR) is 137 cm³/mol. The third kappa shape index (κ3) is 4.57. The predicted octanol–water partition coefficient (Wildman–Crippen LogP) is 4.17. The van der Waals surface area contributed by atoms with Crippen LogP contribution < -0.4 is 15.6 Å². The summed E-state index contributed by atoms with van der Waals surface area (Å²) in [7, 11) is 1.59. The lowest BCUT2D eigenvalue weighted by Gasteiger charge is -2.10. The summed E-state index contributed by atoms with van der Waals surface area (Å²) in [5.74, 6) is 0.0247. The van der Waals surface area contributed by atoms with Crippen molar-refractivity contribution in [2.45, 2.75) is 26.6 Å². The maximum absolute atomic E-state index is 14.1. The highest BCUT2D eigenvalue weighted by Gasteiger charge is 2.19. The van der Waals surface area contributed by atoms with Gasteiger partial charge in [-0.25, -0.2) is 9.37 Å². The number of benzene rings is 3. The number of rotatable bonds is 7. The first-order valence-corrected chi connectivity index (χ1v) is 11.5. The van der Waals surface area contributed by atoms with Gasteiger partial charge in [0.15, 0.2) is 0 Å². The second-order valence-corrected chi connectivity index (χ2v) is 8.73. The van der Waals surface area contributed by atoms with Gasteiger partial charge in [0, 0.05) is 11.9 Å². The highest BCUT2D eigenvalue weighted by Crippen LogP contribution is 2.26. The fourth-order valence-corrected chi connectivity index (χ4v) is 4.28. The standard InChI is InChI=1S/C28H25FN4O3/c1-18-3-5-19(6-4-18)14-30-25(34)16-33-24-12-9-21(29)13-23(24)26-27(33)28(35)32(17-31-26)15-20-7-10-22(36-2)11-8-20/h3-13,17H,14-16H2,1-2H3,(H,30,34). The van der Waals surface area contributed by atoms with Gasteiger partial charge in [-0.05, 0) is 48.4 Å². The van der Waals surface area contributed by atoms with E-state index in [4.69, 9.17) is 4.74 Å². The number of nitrogens with one attached hydrogen (secondary N) is 1. The molecular weight excluding hydrogens is 459 g/mol. The zero-order valence-electron chi connectivity index (χ0n) is 20.0. The Balaban J connectivity index is 1.51. The molecule has 1 amide bonds. The number of amides is 1. The Kier molecular flexibility index (Phi) is 6.25. The van der Waals surface area contributed by atoms with E-state index in [1.165, 1.54) is 23.0 Å². The van der Waals surface area contributed by atoms with E-state index >= 15 is 0 Å². The zero-order valence-corrected chi connectivity index (χ0v) is 20.0. The number of carbonyl (C=O) groups excluding carboxylic acids is 1. The molecule has 2 heterocycles. The van der Waals surface area contributed by atoms with Gasteiger partial charge in [-0.15, -0.1) is 0 Å². The first kappa shape index (κ1) is 23.3. The van der Waals surface area contributed by atoms with Crippen molar-refractivity contribution in [1.82, 2.24) is 19.4 Å². The van der Waals surface area contributed by atoms with Crippen LogP contribution in [0.15, 0.2) is 77.9 Å². The number of hydrogen-bond donors (Lipinski definition) is 1. The second-order valence-electron chi connectivity index (χ2n) is 8.73. The van der Waals surface area contributed by atoms with Gasteiger partial charge in [0.2, 0.25) is 5.91 Å². The van der Waals surface area contributed by atoms with E-state index in [2.05, 4.69) is 10.3 Å². The molecule has 2 aromatic heterocycles. The maximum atomic E-state index is 14.1. The van der Waals surface area contributed by atoms with Crippen molar-refractivity contribution in [2.24, 2.45) is 0 Å². The van der Waals surface area contributed by atoms with Gasteiger partial charge in [0.25, 0.3) is 5.56 Å². The Morgan fingerprint density at radius 1 is 1.03 bits per heavy atom. The fraction of sp³-hybridized carbons (Fsp3) is 0.179. The highest BCUT2D eigenvalue weighted by atomic mass is 19.1. The lowest BCUT2D eigenvalue weighted by molar-refractivity contribution is -0.121. The van der Waals surface area contributed by atoms with Crippen molar-refractivity contribution in [2.75, 3.05) is 7.11 Å². The van der Waals surface area contributed by atoms with Crippen molar-refractivity contribution in [3.05, 3.63) is 106 Å². The van der Waals surface area contributed by atoms with Crippen LogP contribution in [0, 0.1) is 12.7 Å². The smallest absolute Gasteiger partial charge is 0.278 e. The minimum atomic E-state index is -0.436. The molecule has 0 aliphatic heterocycles. The topological polar surface area (TPSA) is 78.2 Å². The van der Waals surface area contributed by atoms with Crippen LogP contribution >= 0.6 is 0 Å². The molecule has 5 rings (SSSR count). The van der Waals surface area contributed by atoms with E-state index in [0.29, 0.717) is 29.5 Å². The highest BCUT2D eigenvalue weighted by molar-refractivity contribution is 6.06. The van der Waals surface area contributed by atoms with Crippen molar-refractivity contribution in [3.8, 4) is 5.75 Å². The minimum absolute atomic E-state index is 0.0963. The number of aromatic nitrogens is 3. The minimum Gasteiger partial charge on any atom is -0.497 e. The number of nitrogens with zero attached hydrogens (tertiary/aromatic N) is 3. The summed E-state index contributed by atoms with van der Waals surface area (Å²) in [6.45, 7) is 2.57. The van der Waals surface area contributed by atoms with Crippen molar-refractivity contribution < 1.29 is 13.9 Å². The normalized spacial score (nSPS) is 11.2. The molecule has 36 heavy (non-hydrogen) atoms. The molecule has 0 bridgehead atoms. The van der Waals surface area contributed by atoms with Gasteiger partial charge in [0.1, 0.15) is 29.1 Å². The average molecular weight is 485 g/mol. The summed E-state index contributed by atoms with van der Waals surface area (Å²) in [5, 5.41) is 3.40. The zero-order chi connectivity index (χ0) is 25.2. The van der Waals surface area contributed by atoms with Gasteiger partial charge >= 0.3 is 0 Å². The van der Waals surface area contributed by atoms with E-state index < -0.39 is 5.82 Å². The van der Waals surface area contributed by atoms with Gasteiger partial charge in [-0.3, -0.25) is 14.2 Å². The fourth-order valence-electron chi connectivity index (χ4n) is 4.28.